The molecule has 1 aliphatic rings. The summed E-state index contributed by atoms with van der Waals surface area (Å²) in [5.74, 6) is 0.178. The lowest BCUT2D eigenvalue weighted by Crippen LogP contribution is -2.43. The summed E-state index contributed by atoms with van der Waals surface area (Å²) in [5, 5.41) is 6.35. The minimum absolute atomic E-state index is 0.178. The summed E-state index contributed by atoms with van der Waals surface area (Å²) in [5.41, 5.74) is 6.19. The minimum Gasteiger partial charge on any atom is -0.676 e. The molecule has 1 aliphatic heterocycles. The molecule has 0 aliphatic carbocycles. The van der Waals surface area contributed by atoms with E-state index in [1.807, 2.05) is 0 Å². The van der Waals surface area contributed by atoms with Crippen LogP contribution in [0.5, 0.6) is 0 Å². The van der Waals surface area contributed by atoms with E-state index in [1.54, 1.807) is 0 Å². The summed E-state index contributed by atoms with van der Waals surface area (Å²) in [7, 11) is 0. The second-order valence-corrected chi connectivity index (χ2v) is 4.73. The van der Waals surface area contributed by atoms with Crippen molar-refractivity contribution in [1.29, 1.82) is 0 Å². The third-order valence-corrected chi connectivity index (χ3v) is 3.24. The van der Waals surface area contributed by atoms with Crippen molar-refractivity contribution in [2.45, 2.75) is 31.1 Å². The zero-order valence-electron chi connectivity index (χ0n) is 10.9. The summed E-state index contributed by atoms with van der Waals surface area (Å²) >= 11 is 0. The Morgan fingerprint density at radius 3 is 2.95 bits per heavy atom. The summed E-state index contributed by atoms with van der Waals surface area (Å²) in [4.78, 5) is 7.57. The Bertz CT molecular complexity index is 437. The number of alkyl halides is 3. The quantitative estimate of drug-likeness (QED) is 0.888. The zero-order valence-corrected chi connectivity index (χ0v) is 10.9. The SMILES string of the molecule is [NH-]CCNC1CCNC(c2nccc(C(F)(F)F)n2)C1. The molecule has 1 fully saturated rings. The molecule has 0 radical (unpaired) electrons. The molecule has 1 aromatic rings. The molecule has 0 bridgehead atoms. The molecule has 0 amide bonds. The predicted molar refractivity (Wildman–Crippen MR) is 68.0 cm³/mol. The highest BCUT2D eigenvalue weighted by Crippen LogP contribution is 2.28. The molecule has 2 atom stereocenters. The molecule has 0 aromatic carbocycles. The maximum absolute atomic E-state index is 12.6. The molecule has 112 valence electrons. The third-order valence-electron chi connectivity index (χ3n) is 3.24. The van der Waals surface area contributed by atoms with Gasteiger partial charge in [0.15, 0.2) is 0 Å². The van der Waals surface area contributed by atoms with Gasteiger partial charge in [-0.05, 0) is 32.0 Å². The average Bonchev–Trinajstić information content (AvgIpc) is 2.45. The summed E-state index contributed by atoms with van der Waals surface area (Å²) in [6, 6.07) is 0.779. The Labute approximate surface area is 115 Å². The molecule has 1 saturated heterocycles. The number of hydrogen-bond donors (Lipinski definition) is 2. The fourth-order valence-corrected chi connectivity index (χ4v) is 2.28. The first kappa shape index (κ1) is 15.1. The van der Waals surface area contributed by atoms with Crippen LogP contribution in [0, 0.1) is 0 Å². The normalized spacial score (nSPS) is 23.8. The monoisotopic (exact) mass is 288 g/mol. The van der Waals surface area contributed by atoms with E-state index in [-0.39, 0.29) is 24.5 Å². The Morgan fingerprint density at radius 2 is 2.25 bits per heavy atom. The number of aromatic nitrogens is 2. The molecular weight excluding hydrogens is 271 g/mol. The number of rotatable bonds is 4. The smallest absolute Gasteiger partial charge is 0.433 e. The van der Waals surface area contributed by atoms with Crippen LogP contribution in [-0.2, 0) is 6.18 Å². The van der Waals surface area contributed by atoms with Crippen molar-refractivity contribution in [2.75, 3.05) is 19.6 Å². The van der Waals surface area contributed by atoms with Crippen LogP contribution in [-0.4, -0.2) is 35.6 Å². The Balaban J connectivity index is 2.07. The molecule has 8 heteroatoms. The molecular formula is C12H17F3N5-. The van der Waals surface area contributed by atoms with Crippen LogP contribution in [0.1, 0.15) is 30.4 Å². The van der Waals surface area contributed by atoms with Gasteiger partial charge in [-0.3, -0.25) is 0 Å². The second kappa shape index (κ2) is 6.47. The molecule has 0 spiro atoms. The van der Waals surface area contributed by atoms with E-state index in [0.29, 0.717) is 19.5 Å². The van der Waals surface area contributed by atoms with Crippen molar-refractivity contribution in [2.24, 2.45) is 0 Å². The topological polar surface area (TPSA) is 73.6 Å². The largest absolute Gasteiger partial charge is 0.676 e. The van der Waals surface area contributed by atoms with Gasteiger partial charge in [-0.15, -0.1) is 6.54 Å². The van der Waals surface area contributed by atoms with Gasteiger partial charge in [0.05, 0.1) is 6.04 Å². The van der Waals surface area contributed by atoms with Gasteiger partial charge in [-0.25, -0.2) is 9.97 Å². The maximum atomic E-state index is 12.6. The highest BCUT2D eigenvalue weighted by atomic mass is 19.4. The number of nitrogens with zero attached hydrogens (tertiary/aromatic N) is 2. The molecule has 20 heavy (non-hydrogen) atoms. The van der Waals surface area contributed by atoms with E-state index in [2.05, 4.69) is 20.6 Å². The number of nitrogens with one attached hydrogen (secondary N) is 3. The van der Waals surface area contributed by atoms with E-state index < -0.39 is 11.9 Å². The first-order chi connectivity index (χ1) is 9.50. The van der Waals surface area contributed by atoms with E-state index >= 15 is 0 Å². The molecule has 0 saturated carbocycles. The van der Waals surface area contributed by atoms with Crippen molar-refractivity contribution in [1.82, 2.24) is 20.6 Å². The summed E-state index contributed by atoms with van der Waals surface area (Å²) in [6.07, 6.45) is -1.79. The summed E-state index contributed by atoms with van der Waals surface area (Å²) in [6.45, 7) is 1.56. The number of halogens is 3. The third kappa shape index (κ3) is 3.87. The van der Waals surface area contributed by atoms with Crippen molar-refractivity contribution in [3.63, 3.8) is 0 Å². The lowest BCUT2D eigenvalue weighted by molar-refractivity contribution is -0.141. The van der Waals surface area contributed by atoms with Gasteiger partial charge in [-0.1, -0.05) is 0 Å². The van der Waals surface area contributed by atoms with E-state index in [9.17, 15) is 13.2 Å². The minimum atomic E-state index is -4.45. The second-order valence-electron chi connectivity index (χ2n) is 4.73. The molecule has 2 rings (SSSR count). The Kier molecular flexibility index (Phi) is 4.90. The predicted octanol–water partition coefficient (Wildman–Crippen LogP) is 1.93. The van der Waals surface area contributed by atoms with Gasteiger partial charge in [0.2, 0.25) is 0 Å². The van der Waals surface area contributed by atoms with Gasteiger partial charge < -0.3 is 16.4 Å². The Morgan fingerprint density at radius 1 is 1.45 bits per heavy atom. The molecule has 1 aromatic heterocycles. The molecule has 2 heterocycles. The highest BCUT2D eigenvalue weighted by molar-refractivity contribution is 5.09. The van der Waals surface area contributed by atoms with Crippen LogP contribution in [0.25, 0.3) is 5.73 Å². The van der Waals surface area contributed by atoms with Crippen LogP contribution in [0.15, 0.2) is 12.3 Å². The van der Waals surface area contributed by atoms with Gasteiger partial charge in [0.1, 0.15) is 11.5 Å². The van der Waals surface area contributed by atoms with Crippen LogP contribution < -0.4 is 10.6 Å². The lowest BCUT2D eigenvalue weighted by atomic mass is 9.98. The van der Waals surface area contributed by atoms with Crippen LogP contribution in [0.3, 0.4) is 0 Å². The van der Waals surface area contributed by atoms with E-state index in [1.165, 1.54) is 0 Å². The van der Waals surface area contributed by atoms with E-state index in [4.69, 9.17) is 5.73 Å². The fourth-order valence-electron chi connectivity index (χ4n) is 2.28. The maximum Gasteiger partial charge on any atom is 0.433 e. The van der Waals surface area contributed by atoms with Crippen LogP contribution in [0.2, 0.25) is 0 Å². The number of piperidine rings is 1. The molecule has 5 nitrogen and oxygen atoms in total. The van der Waals surface area contributed by atoms with Gasteiger partial charge in [0.25, 0.3) is 0 Å². The standard InChI is InChI=1S/C12H17F3N5/c13-12(14,15)10-2-5-19-11(20-10)9-7-8(1-4-18-9)17-6-3-16/h2,5,8-9,16-18H,1,3-4,6-7H2/q-1. The van der Waals surface area contributed by atoms with Crippen molar-refractivity contribution in [3.8, 4) is 0 Å². The summed E-state index contributed by atoms with van der Waals surface area (Å²) < 4.78 is 37.9. The van der Waals surface area contributed by atoms with Crippen molar-refractivity contribution in [3.05, 3.63) is 29.5 Å². The van der Waals surface area contributed by atoms with Crippen molar-refractivity contribution < 1.29 is 13.2 Å². The first-order valence-corrected chi connectivity index (χ1v) is 6.52. The molecule has 3 N–H and O–H groups in total. The van der Waals surface area contributed by atoms with Crippen LogP contribution >= 0.6 is 0 Å². The van der Waals surface area contributed by atoms with Gasteiger partial charge in [-0.2, -0.15) is 13.2 Å². The first-order valence-electron chi connectivity index (χ1n) is 6.52. The van der Waals surface area contributed by atoms with Gasteiger partial charge >= 0.3 is 6.18 Å². The number of hydrogen-bond acceptors (Lipinski definition) is 4. The zero-order chi connectivity index (χ0) is 14.6. The molecule has 2 unspecified atom stereocenters. The lowest BCUT2D eigenvalue weighted by Gasteiger charge is -2.30. The highest BCUT2D eigenvalue weighted by Gasteiger charge is 2.34. The van der Waals surface area contributed by atoms with Crippen molar-refractivity contribution >= 4 is 0 Å². The Hall–Kier alpha value is -1.25. The van der Waals surface area contributed by atoms with Crippen LogP contribution in [0.4, 0.5) is 13.2 Å². The van der Waals surface area contributed by atoms with E-state index in [0.717, 1.165) is 18.7 Å². The van der Waals surface area contributed by atoms with Gasteiger partial charge in [0, 0.05) is 12.2 Å². The average molecular weight is 288 g/mol. The fraction of sp³-hybridized carbons (Fsp3) is 0.667.